The molecule has 1 aromatic rings. The third-order valence-corrected chi connectivity index (χ3v) is 1.53. The van der Waals surface area contributed by atoms with Crippen LogP contribution in [0.25, 0.3) is 0 Å². The van der Waals surface area contributed by atoms with Crippen molar-refractivity contribution >= 4 is 5.97 Å². The summed E-state index contributed by atoms with van der Waals surface area (Å²) in [5, 5.41) is 0. The van der Waals surface area contributed by atoms with E-state index in [2.05, 4.69) is 4.98 Å². The Balaban J connectivity index is 2.99. The Kier molecular flexibility index (Phi) is 2.95. The molecule has 13 heavy (non-hydrogen) atoms. The van der Waals surface area contributed by atoms with Crippen molar-refractivity contribution in [3.8, 4) is 0 Å². The van der Waals surface area contributed by atoms with Gasteiger partial charge in [-0.2, -0.15) is 4.39 Å². The number of carbonyl (C=O) groups is 1. The topological polar surface area (TPSA) is 39.2 Å². The van der Waals surface area contributed by atoms with Crippen LogP contribution in [0.4, 0.5) is 4.39 Å². The molecule has 0 amide bonds. The van der Waals surface area contributed by atoms with Gasteiger partial charge >= 0.3 is 5.97 Å². The van der Waals surface area contributed by atoms with Crippen LogP contribution < -0.4 is 0 Å². The molecule has 0 fully saturated rings. The molecule has 0 aliphatic rings. The van der Waals surface area contributed by atoms with E-state index in [1.807, 2.05) is 0 Å². The average Bonchev–Trinajstić information content (AvgIpc) is 2.09. The van der Waals surface area contributed by atoms with Gasteiger partial charge in [0.25, 0.3) is 0 Å². The first kappa shape index (κ1) is 9.64. The maximum atomic E-state index is 12.6. The van der Waals surface area contributed by atoms with Crippen molar-refractivity contribution in [2.24, 2.45) is 0 Å². The first-order chi connectivity index (χ1) is 6.15. The normalized spacial score (nSPS) is 9.77. The van der Waals surface area contributed by atoms with Gasteiger partial charge < -0.3 is 4.74 Å². The van der Waals surface area contributed by atoms with Crippen molar-refractivity contribution in [1.29, 1.82) is 0 Å². The highest BCUT2D eigenvalue weighted by atomic mass is 19.1. The molecule has 0 saturated carbocycles. The maximum absolute atomic E-state index is 12.6. The van der Waals surface area contributed by atoms with Gasteiger partial charge in [0.15, 0.2) is 5.69 Å². The molecule has 0 aromatic carbocycles. The summed E-state index contributed by atoms with van der Waals surface area (Å²) >= 11 is 0. The molecule has 0 bridgehead atoms. The molecule has 70 valence electrons. The number of aromatic nitrogens is 1. The van der Waals surface area contributed by atoms with Crippen molar-refractivity contribution in [2.45, 2.75) is 13.8 Å². The fourth-order valence-electron chi connectivity index (χ4n) is 0.911. The second kappa shape index (κ2) is 3.98. The molecule has 0 atom stereocenters. The molecule has 4 heteroatoms. The van der Waals surface area contributed by atoms with Crippen LogP contribution in [-0.2, 0) is 4.74 Å². The number of nitrogens with zero attached hydrogens (tertiary/aromatic N) is 1. The number of ether oxygens (including phenoxy) is 1. The molecule has 1 aromatic heterocycles. The standard InChI is InChI=1S/C9H10FNO2/c1-3-13-9(12)8-6(2)4-5-7(10)11-8/h4-5H,3H2,1-2H3. The molecule has 3 nitrogen and oxygen atoms in total. The van der Waals surface area contributed by atoms with Gasteiger partial charge in [-0.1, -0.05) is 6.07 Å². The van der Waals surface area contributed by atoms with Gasteiger partial charge in [0.2, 0.25) is 5.95 Å². The minimum atomic E-state index is -0.673. The molecule has 0 aliphatic carbocycles. The first-order valence-electron chi connectivity index (χ1n) is 3.95. The Labute approximate surface area is 75.6 Å². The van der Waals surface area contributed by atoms with Gasteiger partial charge in [-0.3, -0.25) is 0 Å². The van der Waals surface area contributed by atoms with Gasteiger partial charge in [-0.15, -0.1) is 0 Å². The predicted molar refractivity (Wildman–Crippen MR) is 44.9 cm³/mol. The second-order valence-corrected chi connectivity index (χ2v) is 2.52. The molecule has 0 N–H and O–H groups in total. The minimum Gasteiger partial charge on any atom is -0.461 e. The minimum absolute atomic E-state index is 0.0434. The zero-order valence-electron chi connectivity index (χ0n) is 7.50. The number of rotatable bonds is 2. The third-order valence-electron chi connectivity index (χ3n) is 1.53. The van der Waals surface area contributed by atoms with Crippen LogP contribution >= 0.6 is 0 Å². The summed E-state index contributed by atoms with van der Waals surface area (Å²) in [5.41, 5.74) is 0.654. The number of esters is 1. The molecular formula is C9H10FNO2. The van der Waals surface area contributed by atoms with E-state index in [9.17, 15) is 9.18 Å². The van der Waals surface area contributed by atoms with Gasteiger partial charge in [-0.05, 0) is 25.5 Å². The van der Waals surface area contributed by atoms with Crippen LogP contribution in [0.2, 0.25) is 0 Å². The Bertz CT molecular complexity index is 325. The summed E-state index contributed by atoms with van der Waals surface area (Å²) in [6.45, 7) is 3.63. The van der Waals surface area contributed by atoms with Crippen molar-refractivity contribution in [3.63, 3.8) is 0 Å². The molecule has 0 aliphatic heterocycles. The van der Waals surface area contributed by atoms with E-state index in [4.69, 9.17) is 4.74 Å². The highest BCUT2D eigenvalue weighted by Crippen LogP contribution is 2.07. The van der Waals surface area contributed by atoms with Gasteiger partial charge in [0, 0.05) is 0 Å². The smallest absolute Gasteiger partial charge is 0.357 e. The quantitative estimate of drug-likeness (QED) is 0.517. The number of halogens is 1. The lowest BCUT2D eigenvalue weighted by molar-refractivity contribution is 0.0517. The lowest BCUT2D eigenvalue weighted by Gasteiger charge is -2.03. The highest BCUT2D eigenvalue weighted by molar-refractivity contribution is 5.88. The highest BCUT2D eigenvalue weighted by Gasteiger charge is 2.12. The summed E-state index contributed by atoms with van der Waals surface area (Å²) in [6.07, 6.45) is 0. The zero-order chi connectivity index (χ0) is 9.84. The monoisotopic (exact) mass is 183 g/mol. The van der Waals surface area contributed by atoms with Crippen LogP contribution in [0.5, 0.6) is 0 Å². The first-order valence-corrected chi connectivity index (χ1v) is 3.95. The van der Waals surface area contributed by atoms with Crippen LogP contribution in [0.15, 0.2) is 12.1 Å². The van der Waals surface area contributed by atoms with Crippen LogP contribution in [-0.4, -0.2) is 17.6 Å². The third kappa shape index (κ3) is 2.24. The number of hydrogen-bond acceptors (Lipinski definition) is 3. The molecule has 1 rings (SSSR count). The second-order valence-electron chi connectivity index (χ2n) is 2.52. The molecule has 0 radical (unpaired) electrons. The van der Waals surface area contributed by atoms with E-state index >= 15 is 0 Å². The fraction of sp³-hybridized carbons (Fsp3) is 0.333. The van der Waals surface area contributed by atoms with E-state index < -0.39 is 11.9 Å². The Morgan fingerprint density at radius 1 is 1.62 bits per heavy atom. The molecule has 1 heterocycles. The largest absolute Gasteiger partial charge is 0.461 e. The van der Waals surface area contributed by atoms with Crippen molar-refractivity contribution in [2.75, 3.05) is 6.61 Å². The lowest BCUT2D eigenvalue weighted by Crippen LogP contribution is -2.09. The number of carbonyl (C=O) groups excluding carboxylic acids is 1. The summed E-state index contributed by atoms with van der Waals surface area (Å²) in [6, 6.07) is 2.70. The van der Waals surface area contributed by atoms with E-state index in [-0.39, 0.29) is 12.3 Å². The molecule has 0 saturated heterocycles. The Morgan fingerprint density at radius 2 is 2.31 bits per heavy atom. The number of pyridine rings is 1. The van der Waals surface area contributed by atoms with E-state index in [0.717, 1.165) is 0 Å². The molecule has 0 spiro atoms. The van der Waals surface area contributed by atoms with Crippen LogP contribution in [0, 0.1) is 12.9 Å². The summed E-state index contributed by atoms with van der Waals surface area (Å²) in [4.78, 5) is 14.6. The predicted octanol–water partition coefficient (Wildman–Crippen LogP) is 1.71. The van der Waals surface area contributed by atoms with E-state index in [1.165, 1.54) is 12.1 Å². The Hall–Kier alpha value is -1.45. The van der Waals surface area contributed by atoms with Gasteiger partial charge in [-0.25, -0.2) is 9.78 Å². The van der Waals surface area contributed by atoms with Gasteiger partial charge in [0.1, 0.15) is 0 Å². The van der Waals surface area contributed by atoms with Gasteiger partial charge in [0.05, 0.1) is 6.61 Å². The van der Waals surface area contributed by atoms with E-state index in [1.54, 1.807) is 13.8 Å². The van der Waals surface area contributed by atoms with Crippen molar-refractivity contribution in [1.82, 2.24) is 4.98 Å². The number of aryl methyl sites for hydroxylation is 1. The Morgan fingerprint density at radius 3 is 2.92 bits per heavy atom. The molecule has 0 unspecified atom stereocenters. The lowest BCUT2D eigenvalue weighted by atomic mass is 10.2. The SMILES string of the molecule is CCOC(=O)c1nc(F)ccc1C. The molecular weight excluding hydrogens is 173 g/mol. The zero-order valence-corrected chi connectivity index (χ0v) is 7.50. The summed E-state index contributed by atoms with van der Waals surface area (Å²) < 4.78 is 17.3. The van der Waals surface area contributed by atoms with Crippen molar-refractivity contribution in [3.05, 3.63) is 29.3 Å². The van der Waals surface area contributed by atoms with E-state index in [0.29, 0.717) is 5.56 Å². The van der Waals surface area contributed by atoms with Crippen LogP contribution in [0.1, 0.15) is 23.0 Å². The van der Waals surface area contributed by atoms with Crippen molar-refractivity contribution < 1.29 is 13.9 Å². The summed E-state index contributed by atoms with van der Waals surface area (Å²) in [7, 11) is 0. The fourth-order valence-corrected chi connectivity index (χ4v) is 0.911. The maximum Gasteiger partial charge on any atom is 0.357 e. The van der Waals surface area contributed by atoms with Crippen LogP contribution in [0.3, 0.4) is 0 Å². The number of hydrogen-bond donors (Lipinski definition) is 0. The summed E-state index contributed by atoms with van der Waals surface area (Å²) in [5.74, 6) is -1.26. The average molecular weight is 183 g/mol.